The second-order valence-electron chi connectivity index (χ2n) is 5.13. The van der Waals surface area contributed by atoms with E-state index in [1.165, 1.54) is 11.1 Å². The van der Waals surface area contributed by atoms with Gasteiger partial charge in [0.1, 0.15) is 0 Å². The minimum absolute atomic E-state index is 0.285. The monoisotopic (exact) mass is 279 g/mol. The Kier molecular flexibility index (Phi) is 3.17. The Balaban J connectivity index is 2.35. The molecule has 0 amide bonds. The third-order valence-electron chi connectivity index (χ3n) is 3.72. The minimum atomic E-state index is 0.285. The van der Waals surface area contributed by atoms with Gasteiger partial charge in [0.25, 0.3) is 0 Å². The Morgan fingerprint density at radius 3 is 2.62 bits per heavy atom. The maximum absolute atomic E-state index is 5.78. The Hall–Kier alpha value is -2.69. The fourth-order valence-electron chi connectivity index (χ4n) is 2.43. The largest absolute Gasteiger partial charge is 0.368 e. The van der Waals surface area contributed by atoms with E-state index in [-0.39, 0.29) is 5.95 Å². The average molecular weight is 279 g/mol. The number of aryl methyl sites for hydroxylation is 2. The Labute approximate surface area is 123 Å². The maximum atomic E-state index is 5.78. The molecule has 0 aliphatic heterocycles. The van der Waals surface area contributed by atoms with Crippen molar-refractivity contribution in [2.75, 3.05) is 5.73 Å². The molecule has 2 N–H and O–H groups in total. The van der Waals surface area contributed by atoms with Gasteiger partial charge in [-0.15, -0.1) is 0 Å². The number of aromatic nitrogens is 4. The van der Waals surface area contributed by atoms with E-state index < -0.39 is 0 Å². The van der Waals surface area contributed by atoms with Crippen LogP contribution in [0, 0.1) is 20.8 Å². The van der Waals surface area contributed by atoms with Crippen molar-refractivity contribution >= 4 is 5.95 Å². The van der Waals surface area contributed by atoms with Gasteiger partial charge in [0.05, 0.1) is 17.7 Å². The van der Waals surface area contributed by atoms with Crippen LogP contribution in [0.15, 0.2) is 37.1 Å². The lowest BCUT2D eigenvalue weighted by atomic mass is 9.96. The van der Waals surface area contributed by atoms with Crippen molar-refractivity contribution in [3.8, 4) is 16.9 Å². The number of nitrogens with two attached hydrogens (primary N) is 1. The first kappa shape index (κ1) is 13.3. The standard InChI is InChI=1S/C16H17N5/c1-10-4-5-13(21-7-6-18-9-21)14(12(10)3)15-11(2)8-19-16(17)20-15/h4-9H,1-3H3,(H2,17,19,20). The van der Waals surface area contributed by atoms with Crippen LogP contribution in [0.2, 0.25) is 0 Å². The highest BCUT2D eigenvalue weighted by atomic mass is 15.0. The van der Waals surface area contributed by atoms with Gasteiger partial charge in [-0.2, -0.15) is 0 Å². The van der Waals surface area contributed by atoms with E-state index in [2.05, 4.69) is 40.9 Å². The highest BCUT2D eigenvalue weighted by Crippen LogP contribution is 2.32. The number of imidazole rings is 1. The lowest BCUT2D eigenvalue weighted by molar-refractivity contribution is 1.04. The number of rotatable bonds is 2. The molecular formula is C16H17N5. The minimum Gasteiger partial charge on any atom is -0.368 e. The SMILES string of the molecule is Cc1cnc(N)nc1-c1c(-n2ccnc2)ccc(C)c1C. The molecule has 0 aliphatic carbocycles. The number of nitrogen functional groups attached to an aromatic ring is 1. The zero-order valence-electron chi connectivity index (χ0n) is 12.3. The van der Waals surface area contributed by atoms with Crippen molar-refractivity contribution in [2.24, 2.45) is 0 Å². The first-order valence-electron chi connectivity index (χ1n) is 6.76. The first-order chi connectivity index (χ1) is 10.1. The predicted molar refractivity (Wildman–Crippen MR) is 83.2 cm³/mol. The normalized spacial score (nSPS) is 10.8. The second kappa shape index (κ2) is 5.01. The van der Waals surface area contributed by atoms with Gasteiger partial charge in [-0.3, -0.25) is 0 Å². The number of nitrogens with zero attached hydrogens (tertiary/aromatic N) is 4. The molecule has 1 aromatic carbocycles. The zero-order valence-corrected chi connectivity index (χ0v) is 12.3. The van der Waals surface area contributed by atoms with Crippen molar-refractivity contribution in [1.82, 2.24) is 19.5 Å². The van der Waals surface area contributed by atoms with E-state index in [9.17, 15) is 0 Å². The summed E-state index contributed by atoms with van der Waals surface area (Å²) >= 11 is 0. The third kappa shape index (κ3) is 2.27. The van der Waals surface area contributed by atoms with Crippen molar-refractivity contribution in [2.45, 2.75) is 20.8 Å². The van der Waals surface area contributed by atoms with E-state index in [0.29, 0.717) is 0 Å². The highest BCUT2D eigenvalue weighted by Gasteiger charge is 2.15. The lowest BCUT2D eigenvalue weighted by Crippen LogP contribution is -2.04. The van der Waals surface area contributed by atoms with Gasteiger partial charge in [-0.1, -0.05) is 6.07 Å². The van der Waals surface area contributed by atoms with Crippen LogP contribution >= 0.6 is 0 Å². The summed E-state index contributed by atoms with van der Waals surface area (Å²) in [5, 5.41) is 0. The molecule has 0 atom stereocenters. The van der Waals surface area contributed by atoms with E-state index in [1.807, 2.05) is 17.7 Å². The molecule has 5 nitrogen and oxygen atoms in total. The maximum Gasteiger partial charge on any atom is 0.220 e. The van der Waals surface area contributed by atoms with Gasteiger partial charge in [0.2, 0.25) is 5.95 Å². The number of benzene rings is 1. The second-order valence-corrected chi connectivity index (χ2v) is 5.13. The van der Waals surface area contributed by atoms with E-state index >= 15 is 0 Å². The zero-order chi connectivity index (χ0) is 15.0. The average Bonchev–Trinajstić information content (AvgIpc) is 2.98. The van der Waals surface area contributed by atoms with Gasteiger partial charge >= 0.3 is 0 Å². The Bertz CT molecular complexity index is 791. The van der Waals surface area contributed by atoms with Gasteiger partial charge in [0.15, 0.2) is 0 Å². The fourth-order valence-corrected chi connectivity index (χ4v) is 2.43. The van der Waals surface area contributed by atoms with Crippen LogP contribution < -0.4 is 5.73 Å². The Morgan fingerprint density at radius 2 is 1.90 bits per heavy atom. The van der Waals surface area contributed by atoms with Crippen molar-refractivity contribution in [3.05, 3.63) is 53.7 Å². The van der Waals surface area contributed by atoms with Crippen molar-refractivity contribution in [1.29, 1.82) is 0 Å². The fraction of sp³-hybridized carbons (Fsp3) is 0.188. The number of anilines is 1. The summed E-state index contributed by atoms with van der Waals surface area (Å²) < 4.78 is 1.99. The van der Waals surface area contributed by atoms with Gasteiger partial charge in [-0.25, -0.2) is 15.0 Å². The topological polar surface area (TPSA) is 69.6 Å². The van der Waals surface area contributed by atoms with Gasteiger partial charge in [-0.05, 0) is 43.5 Å². The summed E-state index contributed by atoms with van der Waals surface area (Å²) in [4.78, 5) is 12.6. The van der Waals surface area contributed by atoms with Gasteiger partial charge in [0, 0.05) is 24.2 Å². The summed E-state index contributed by atoms with van der Waals surface area (Å²) in [6.07, 6.45) is 7.23. The quantitative estimate of drug-likeness (QED) is 0.783. The third-order valence-corrected chi connectivity index (χ3v) is 3.72. The molecule has 2 heterocycles. The summed E-state index contributed by atoms with van der Waals surface area (Å²) in [6.45, 7) is 6.19. The molecule has 0 radical (unpaired) electrons. The lowest BCUT2D eigenvalue weighted by Gasteiger charge is -2.16. The van der Waals surface area contributed by atoms with Crippen molar-refractivity contribution < 1.29 is 0 Å². The molecule has 3 aromatic rings. The molecule has 0 bridgehead atoms. The summed E-state index contributed by atoms with van der Waals surface area (Å²) in [6, 6.07) is 4.19. The van der Waals surface area contributed by atoms with E-state index in [0.717, 1.165) is 22.5 Å². The molecule has 2 aromatic heterocycles. The Morgan fingerprint density at radius 1 is 1.10 bits per heavy atom. The smallest absolute Gasteiger partial charge is 0.220 e. The van der Waals surface area contributed by atoms with Crippen LogP contribution in [-0.4, -0.2) is 19.5 Å². The molecule has 0 unspecified atom stereocenters. The molecular weight excluding hydrogens is 262 g/mol. The number of hydrogen-bond acceptors (Lipinski definition) is 4. The van der Waals surface area contributed by atoms with Crippen LogP contribution in [0.1, 0.15) is 16.7 Å². The van der Waals surface area contributed by atoms with Crippen LogP contribution in [0.25, 0.3) is 16.9 Å². The summed E-state index contributed by atoms with van der Waals surface area (Å²) in [5.74, 6) is 0.285. The predicted octanol–water partition coefficient (Wildman–Crippen LogP) is 2.84. The van der Waals surface area contributed by atoms with Crippen LogP contribution in [0.3, 0.4) is 0 Å². The highest BCUT2D eigenvalue weighted by molar-refractivity contribution is 5.77. The molecule has 5 heteroatoms. The first-order valence-corrected chi connectivity index (χ1v) is 6.76. The summed E-state index contributed by atoms with van der Waals surface area (Å²) in [7, 11) is 0. The molecule has 0 spiro atoms. The molecule has 106 valence electrons. The molecule has 0 aliphatic rings. The molecule has 3 rings (SSSR count). The molecule has 0 fully saturated rings. The van der Waals surface area contributed by atoms with Crippen LogP contribution in [0.4, 0.5) is 5.95 Å². The van der Waals surface area contributed by atoms with E-state index in [1.54, 1.807) is 18.7 Å². The van der Waals surface area contributed by atoms with Crippen LogP contribution in [0.5, 0.6) is 0 Å². The molecule has 0 saturated carbocycles. The van der Waals surface area contributed by atoms with Gasteiger partial charge < -0.3 is 10.3 Å². The summed E-state index contributed by atoms with van der Waals surface area (Å²) in [5.41, 5.74) is 12.2. The van der Waals surface area contributed by atoms with E-state index in [4.69, 9.17) is 5.73 Å². The van der Waals surface area contributed by atoms with Crippen LogP contribution in [-0.2, 0) is 0 Å². The van der Waals surface area contributed by atoms with Crippen molar-refractivity contribution in [3.63, 3.8) is 0 Å². The molecule has 21 heavy (non-hydrogen) atoms. The molecule has 0 saturated heterocycles. The number of hydrogen-bond donors (Lipinski definition) is 1.